The predicted octanol–water partition coefficient (Wildman–Crippen LogP) is 8.73. The molecular formula is C48H50ClFN8O8S2. The molecule has 356 valence electrons. The number of imidazole rings is 2. The summed E-state index contributed by atoms with van der Waals surface area (Å²) >= 11 is 6.14. The maximum Gasteiger partial charge on any atom is 0.227 e. The second-order valence-corrected chi connectivity index (χ2v) is 23.4. The van der Waals surface area contributed by atoms with E-state index in [-0.39, 0.29) is 64.4 Å². The molecule has 0 saturated carbocycles. The zero-order chi connectivity index (χ0) is 47.8. The first-order chi connectivity index (χ1) is 32.4. The fraction of sp³-hybridized carbons (Fsp3) is 0.417. The molecule has 8 heterocycles. The Hall–Kier alpha value is -5.92. The number of carbonyl (C=O) groups is 2. The van der Waals surface area contributed by atoms with Crippen molar-refractivity contribution in [1.29, 1.82) is 0 Å². The Morgan fingerprint density at radius 3 is 1.65 bits per heavy atom. The van der Waals surface area contributed by atoms with Crippen molar-refractivity contribution in [3.05, 3.63) is 100.0 Å². The van der Waals surface area contributed by atoms with Crippen LogP contribution in [-0.2, 0) is 29.3 Å². The predicted molar refractivity (Wildman–Crippen MR) is 254 cm³/mol. The molecule has 4 aliphatic rings. The Morgan fingerprint density at radius 2 is 1.18 bits per heavy atom. The lowest BCUT2D eigenvalue weighted by molar-refractivity contribution is -0.119. The maximum atomic E-state index is 14.3. The number of nitrogens with one attached hydrogen (secondary N) is 1. The Kier molecular flexibility index (Phi) is 11.8. The molecule has 16 nitrogen and oxygen atoms in total. The van der Waals surface area contributed by atoms with Crippen molar-refractivity contribution in [3.8, 4) is 22.3 Å². The van der Waals surface area contributed by atoms with Gasteiger partial charge in [0.25, 0.3) is 0 Å². The van der Waals surface area contributed by atoms with Gasteiger partial charge >= 0.3 is 0 Å². The Balaban J connectivity index is 0.000000163. The van der Waals surface area contributed by atoms with Gasteiger partial charge in [0.1, 0.15) is 48.7 Å². The number of rotatable bonds is 7. The van der Waals surface area contributed by atoms with E-state index in [1.807, 2.05) is 64.1 Å². The molecule has 0 radical (unpaired) electrons. The van der Waals surface area contributed by atoms with Gasteiger partial charge in [0, 0.05) is 46.8 Å². The standard InChI is InChI=1S/C27H26ClFN4O4S.C21H24N4O4S/c1-15-26(16(2)37-31-15)17-3-4-23-22(11-17)30-27(33(23)20-7-9-38(35,36)10-8-20)24-5-6-25(34)32(24)21-13-18(28)12-19(29)14-21;1-12-20(13(2)29-24-12)14-3-5-18-17(11-14)23-21(16-4-6-19(26)22-16)25(18)15-7-9-30(27,28)10-8-15/h3-4,11-14,20,24H,5-10H2,1-2H3;3,5,11,15-16H,4,6-10H2,1-2H3,(H,22,26)/t24-;16-/m00/s1. The number of aromatic nitrogens is 6. The summed E-state index contributed by atoms with van der Waals surface area (Å²) in [6.45, 7) is 7.55. The molecular weight excluding hydrogens is 935 g/mol. The van der Waals surface area contributed by atoms with Crippen LogP contribution in [0, 0.1) is 33.5 Å². The molecule has 2 atom stereocenters. The number of halogens is 2. The molecule has 0 bridgehead atoms. The third-order valence-electron chi connectivity index (χ3n) is 13.8. The van der Waals surface area contributed by atoms with Crippen molar-refractivity contribution in [3.63, 3.8) is 0 Å². The molecule has 0 aliphatic carbocycles. The third kappa shape index (κ3) is 8.61. The quantitative estimate of drug-likeness (QED) is 0.159. The molecule has 7 aromatic rings. The van der Waals surface area contributed by atoms with E-state index in [0.29, 0.717) is 62.2 Å². The van der Waals surface area contributed by atoms with Crippen molar-refractivity contribution < 1.29 is 39.9 Å². The average Bonchev–Trinajstić information content (AvgIpc) is 4.15. The first kappa shape index (κ1) is 45.8. The number of aryl methyl sites for hydroxylation is 4. The number of nitrogens with zero attached hydrogens (tertiary/aromatic N) is 7. The number of hydrogen-bond donors (Lipinski definition) is 1. The van der Waals surface area contributed by atoms with Gasteiger partial charge in [0.05, 0.1) is 68.5 Å². The summed E-state index contributed by atoms with van der Waals surface area (Å²) in [5, 5.41) is 11.3. The van der Waals surface area contributed by atoms with Gasteiger partial charge in [-0.2, -0.15) is 0 Å². The van der Waals surface area contributed by atoms with Crippen molar-refractivity contribution in [1.82, 2.24) is 34.7 Å². The summed E-state index contributed by atoms with van der Waals surface area (Å²) in [6.07, 6.45) is 4.00. The first-order valence-corrected chi connectivity index (χ1v) is 26.8. The molecule has 3 aromatic carbocycles. The Labute approximate surface area is 397 Å². The number of carbonyl (C=O) groups excluding carboxylic acids is 2. The first-order valence-electron chi connectivity index (χ1n) is 22.8. The average molecular weight is 986 g/mol. The van der Waals surface area contributed by atoms with E-state index in [1.54, 1.807) is 11.0 Å². The minimum absolute atomic E-state index is 0.0289. The van der Waals surface area contributed by atoms with Crippen molar-refractivity contribution in [2.75, 3.05) is 27.9 Å². The second-order valence-electron chi connectivity index (χ2n) is 18.4. The molecule has 4 aromatic heterocycles. The Morgan fingerprint density at radius 1 is 0.662 bits per heavy atom. The highest BCUT2D eigenvalue weighted by Crippen LogP contribution is 2.43. The fourth-order valence-corrected chi connectivity index (χ4v) is 13.7. The van der Waals surface area contributed by atoms with E-state index in [1.165, 1.54) is 12.1 Å². The highest BCUT2D eigenvalue weighted by molar-refractivity contribution is 7.91. The van der Waals surface area contributed by atoms with Crippen molar-refractivity contribution in [2.24, 2.45) is 0 Å². The summed E-state index contributed by atoms with van der Waals surface area (Å²) in [5.74, 6) is 2.86. The molecule has 4 aliphatic heterocycles. The highest BCUT2D eigenvalue weighted by Gasteiger charge is 2.39. The van der Waals surface area contributed by atoms with Crippen molar-refractivity contribution in [2.45, 2.75) is 103 Å². The summed E-state index contributed by atoms with van der Waals surface area (Å²) in [4.78, 5) is 36.5. The van der Waals surface area contributed by atoms with E-state index >= 15 is 0 Å². The zero-order valence-corrected chi connectivity index (χ0v) is 40.3. The van der Waals surface area contributed by atoms with Crippen LogP contribution in [0.3, 0.4) is 0 Å². The van der Waals surface area contributed by atoms with Gasteiger partial charge in [0.15, 0.2) is 0 Å². The van der Waals surface area contributed by atoms with Gasteiger partial charge in [-0.1, -0.05) is 34.0 Å². The van der Waals surface area contributed by atoms with E-state index in [2.05, 4.69) is 24.8 Å². The fourth-order valence-electron chi connectivity index (χ4n) is 10.6. The summed E-state index contributed by atoms with van der Waals surface area (Å²) in [5.41, 5.74) is 9.11. The smallest absolute Gasteiger partial charge is 0.227 e. The number of fused-ring (bicyclic) bond motifs is 2. The van der Waals surface area contributed by atoms with Crippen LogP contribution in [0.1, 0.15) is 110 Å². The van der Waals surface area contributed by atoms with Gasteiger partial charge in [-0.3, -0.25) is 9.59 Å². The summed E-state index contributed by atoms with van der Waals surface area (Å²) < 4.78 is 77.6. The molecule has 20 heteroatoms. The van der Waals surface area contributed by atoms with E-state index in [0.717, 1.165) is 67.3 Å². The van der Waals surface area contributed by atoms with Gasteiger partial charge in [-0.25, -0.2) is 31.2 Å². The van der Waals surface area contributed by atoms with Crippen molar-refractivity contribution >= 4 is 70.8 Å². The minimum atomic E-state index is -3.08. The van der Waals surface area contributed by atoms with Crippen LogP contribution in [-0.4, -0.2) is 81.1 Å². The molecule has 4 saturated heterocycles. The third-order valence-corrected chi connectivity index (χ3v) is 17.4. The molecule has 11 rings (SSSR count). The lowest BCUT2D eigenvalue weighted by atomic mass is 10.0. The van der Waals surface area contributed by atoms with E-state index in [9.17, 15) is 30.8 Å². The van der Waals surface area contributed by atoms with Crippen LogP contribution in [0.2, 0.25) is 5.02 Å². The van der Waals surface area contributed by atoms with Crippen LogP contribution in [0.25, 0.3) is 44.3 Å². The van der Waals surface area contributed by atoms with Crippen LogP contribution in [0.15, 0.2) is 63.6 Å². The van der Waals surface area contributed by atoms with Crippen LogP contribution < -0.4 is 10.2 Å². The van der Waals surface area contributed by atoms with Crippen LogP contribution in [0.4, 0.5) is 10.1 Å². The Bertz CT molecular complexity index is 3310. The number of hydrogen-bond acceptors (Lipinski definition) is 12. The lowest BCUT2D eigenvalue weighted by Gasteiger charge is -2.30. The molecule has 68 heavy (non-hydrogen) atoms. The normalized spacial score (nSPS) is 20.9. The molecule has 2 amide bonds. The van der Waals surface area contributed by atoms with Gasteiger partial charge in [0.2, 0.25) is 11.8 Å². The number of benzene rings is 3. The number of anilines is 1. The number of amides is 2. The van der Waals surface area contributed by atoms with E-state index in [4.69, 9.17) is 30.6 Å². The van der Waals surface area contributed by atoms with Crippen LogP contribution in [0.5, 0.6) is 0 Å². The summed E-state index contributed by atoms with van der Waals surface area (Å²) in [7, 11) is -6.05. The van der Waals surface area contributed by atoms with E-state index < -0.39 is 31.5 Å². The topological polar surface area (TPSA) is 205 Å². The second kappa shape index (κ2) is 17.6. The molecule has 0 spiro atoms. The summed E-state index contributed by atoms with van der Waals surface area (Å²) in [6, 6.07) is 15.5. The number of sulfone groups is 2. The zero-order valence-electron chi connectivity index (χ0n) is 38.0. The largest absolute Gasteiger partial charge is 0.361 e. The maximum absolute atomic E-state index is 14.3. The minimum Gasteiger partial charge on any atom is -0.361 e. The molecule has 1 N–H and O–H groups in total. The highest BCUT2D eigenvalue weighted by atomic mass is 35.5. The van der Waals surface area contributed by atoms with Crippen LogP contribution >= 0.6 is 11.6 Å². The van der Waals surface area contributed by atoms with Gasteiger partial charge < -0.3 is 28.4 Å². The van der Waals surface area contributed by atoms with Gasteiger partial charge in [-0.15, -0.1) is 0 Å². The van der Waals surface area contributed by atoms with Gasteiger partial charge in [-0.05, 0) is 120 Å². The molecule has 4 fully saturated rings. The SMILES string of the molecule is Cc1noc(C)c1-c1ccc2c(c1)nc([C@@H]1CCC(=O)N1)n2C1CCS(=O)(=O)CC1.Cc1noc(C)c1-c1ccc2c(c1)nc([C@@H]1CCC(=O)N1c1cc(F)cc(Cl)c1)n2C1CCS(=O)(=O)CC1. The molecule has 0 unspecified atom stereocenters. The monoisotopic (exact) mass is 984 g/mol. The lowest BCUT2D eigenvalue weighted by Crippen LogP contribution is -2.32.